The van der Waals surface area contributed by atoms with E-state index in [2.05, 4.69) is 10.3 Å². The lowest BCUT2D eigenvalue weighted by Gasteiger charge is -2.32. The Morgan fingerprint density at radius 3 is 2.55 bits per heavy atom. The molecule has 6 heteroatoms. The van der Waals surface area contributed by atoms with Crippen molar-refractivity contribution >= 4 is 11.8 Å². The quantitative estimate of drug-likeness (QED) is 0.709. The van der Waals surface area contributed by atoms with Crippen molar-refractivity contribution < 1.29 is 9.59 Å². The first kappa shape index (κ1) is 19.4. The van der Waals surface area contributed by atoms with Crippen molar-refractivity contribution in [2.45, 2.75) is 31.2 Å². The smallest absolute Gasteiger partial charge is 0.252 e. The molecule has 0 saturated carbocycles. The van der Waals surface area contributed by atoms with Gasteiger partial charge in [0.1, 0.15) is 0 Å². The predicted molar refractivity (Wildman–Crippen MR) is 117 cm³/mol. The number of fused-ring (bicyclic) bond motifs is 1. The van der Waals surface area contributed by atoms with E-state index in [0.29, 0.717) is 31.0 Å². The largest absolute Gasteiger partial charge is 0.345 e. The summed E-state index contributed by atoms with van der Waals surface area (Å²) in [6.07, 6.45) is 3.89. The van der Waals surface area contributed by atoms with Gasteiger partial charge in [-0.2, -0.15) is 0 Å². The maximum Gasteiger partial charge on any atom is 0.252 e. The van der Waals surface area contributed by atoms with Crippen molar-refractivity contribution in [3.8, 4) is 11.4 Å². The zero-order valence-electron chi connectivity index (χ0n) is 17.2. The number of nitrogens with zero attached hydrogens (tertiary/aromatic N) is 3. The number of likely N-dealkylation sites (tertiary alicyclic amines) is 1. The number of carbonyl (C=O) groups excluding carboxylic acids is 2. The Kier molecular flexibility index (Phi) is 5.20. The van der Waals surface area contributed by atoms with E-state index in [4.69, 9.17) is 4.98 Å². The molecule has 0 radical (unpaired) electrons. The molecular formula is C25H24N4O2. The molecule has 2 amide bonds. The van der Waals surface area contributed by atoms with Crippen molar-refractivity contribution in [1.82, 2.24) is 20.2 Å². The Hall–Kier alpha value is -3.54. The highest BCUT2D eigenvalue weighted by Gasteiger charge is 2.32. The highest BCUT2D eigenvalue weighted by Crippen LogP contribution is 2.31. The lowest BCUT2D eigenvalue weighted by atomic mass is 9.92. The van der Waals surface area contributed by atoms with Crippen molar-refractivity contribution in [3.63, 3.8) is 0 Å². The third kappa shape index (κ3) is 3.93. The van der Waals surface area contributed by atoms with Gasteiger partial charge >= 0.3 is 0 Å². The van der Waals surface area contributed by atoms with Gasteiger partial charge in [-0.05, 0) is 30.5 Å². The molecule has 31 heavy (non-hydrogen) atoms. The van der Waals surface area contributed by atoms with Gasteiger partial charge in [-0.15, -0.1) is 0 Å². The summed E-state index contributed by atoms with van der Waals surface area (Å²) in [7, 11) is 0. The lowest BCUT2D eigenvalue weighted by Crippen LogP contribution is -2.39. The molecule has 2 aliphatic heterocycles. The second-order valence-corrected chi connectivity index (χ2v) is 8.14. The minimum atomic E-state index is -0.232. The van der Waals surface area contributed by atoms with Gasteiger partial charge in [-0.1, -0.05) is 48.5 Å². The van der Waals surface area contributed by atoms with Crippen LogP contribution in [0.25, 0.3) is 11.4 Å². The van der Waals surface area contributed by atoms with Gasteiger partial charge in [0, 0.05) is 42.0 Å². The number of rotatable bonds is 4. The number of carbonyl (C=O) groups is 2. The van der Waals surface area contributed by atoms with Crippen LogP contribution in [0.5, 0.6) is 0 Å². The van der Waals surface area contributed by atoms with Crippen LogP contribution in [0.2, 0.25) is 0 Å². The van der Waals surface area contributed by atoms with E-state index in [1.807, 2.05) is 71.8 Å². The summed E-state index contributed by atoms with van der Waals surface area (Å²) < 4.78 is 0. The van der Waals surface area contributed by atoms with Gasteiger partial charge in [-0.3, -0.25) is 9.59 Å². The predicted octanol–water partition coefficient (Wildman–Crippen LogP) is 3.72. The van der Waals surface area contributed by atoms with Crippen LogP contribution in [0.15, 0.2) is 66.9 Å². The molecule has 0 bridgehead atoms. The first-order chi connectivity index (χ1) is 15.2. The van der Waals surface area contributed by atoms with E-state index in [1.165, 1.54) is 0 Å². The second-order valence-electron chi connectivity index (χ2n) is 8.14. The molecule has 1 unspecified atom stereocenters. The summed E-state index contributed by atoms with van der Waals surface area (Å²) in [6, 6.07) is 19.2. The van der Waals surface area contributed by atoms with Crippen LogP contribution in [0, 0.1) is 0 Å². The molecule has 156 valence electrons. The van der Waals surface area contributed by atoms with Crippen LogP contribution in [0.3, 0.4) is 0 Å². The van der Waals surface area contributed by atoms with Crippen LogP contribution in [0.1, 0.15) is 52.8 Å². The number of amides is 2. The number of hydrogen-bond donors (Lipinski definition) is 1. The van der Waals surface area contributed by atoms with Crippen molar-refractivity contribution in [2.24, 2.45) is 0 Å². The van der Waals surface area contributed by atoms with Crippen molar-refractivity contribution in [2.75, 3.05) is 13.1 Å². The van der Waals surface area contributed by atoms with Crippen molar-refractivity contribution in [1.29, 1.82) is 0 Å². The number of piperidine rings is 1. The van der Waals surface area contributed by atoms with Gasteiger partial charge in [0.25, 0.3) is 5.91 Å². The number of benzene rings is 2. The van der Waals surface area contributed by atoms with Crippen LogP contribution >= 0.6 is 0 Å². The molecule has 1 aromatic heterocycles. The van der Waals surface area contributed by atoms with E-state index in [9.17, 15) is 9.59 Å². The zero-order chi connectivity index (χ0) is 21.2. The van der Waals surface area contributed by atoms with Crippen molar-refractivity contribution in [3.05, 3.63) is 83.7 Å². The van der Waals surface area contributed by atoms with E-state index in [1.54, 1.807) is 0 Å². The monoisotopic (exact) mass is 412 g/mol. The Bertz CT molecular complexity index is 1110. The van der Waals surface area contributed by atoms with Crippen LogP contribution in [-0.4, -0.2) is 39.8 Å². The average Bonchev–Trinajstić information content (AvgIpc) is 3.15. The molecule has 5 rings (SSSR count). The Morgan fingerprint density at radius 2 is 1.74 bits per heavy atom. The van der Waals surface area contributed by atoms with Gasteiger partial charge in [0.05, 0.1) is 12.5 Å². The highest BCUT2D eigenvalue weighted by atomic mass is 16.2. The molecule has 1 atom stereocenters. The first-order valence-corrected chi connectivity index (χ1v) is 10.7. The fraction of sp³-hybridized carbons (Fsp3) is 0.280. The molecule has 2 aromatic carbocycles. The summed E-state index contributed by atoms with van der Waals surface area (Å²) in [5, 5.41) is 2.94. The summed E-state index contributed by atoms with van der Waals surface area (Å²) in [4.78, 5) is 36.1. The van der Waals surface area contributed by atoms with Crippen LogP contribution < -0.4 is 5.32 Å². The fourth-order valence-corrected chi connectivity index (χ4v) is 4.54. The van der Waals surface area contributed by atoms with Crippen LogP contribution in [-0.2, 0) is 4.79 Å². The summed E-state index contributed by atoms with van der Waals surface area (Å²) >= 11 is 0. The first-order valence-electron chi connectivity index (χ1n) is 10.7. The molecule has 6 nitrogen and oxygen atoms in total. The molecule has 0 aliphatic carbocycles. The molecule has 3 aromatic rings. The topological polar surface area (TPSA) is 75.2 Å². The molecule has 0 spiro atoms. The second kappa shape index (κ2) is 8.30. The molecule has 1 fully saturated rings. The standard InChI is InChI=1S/C25H24N4O2/c30-23(16-22-19-8-4-5-9-20(19)25(31)28-22)29-14-11-17(12-15-29)21-10-13-26-24(27-21)18-6-2-1-3-7-18/h1-10,13,17,22H,11-12,14-16H2,(H,28,31). The average molecular weight is 412 g/mol. The Balaban J connectivity index is 1.21. The van der Waals surface area contributed by atoms with E-state index in [-0.39, 0.29) is 17.9 Å². The minimum Gasteiger partial charge on any atom is -0.345 e. The van der Waals surface area contributed by atoms with E-state index >= 15 is 0 Å². The molecular weight excluding hydrogens is 388 g/mol. The normalized spacial score (nSPS) is 18.5. The minimum absolute atomic E-state index is 0.0908. The maximum atomic E-state index is 12.9. The third-order valence-electron chi connectivity index (χ3n) is 6.24. The van der Waals surface area contributed by atoms with Gasteiger partial charge < -0.3 is 10.2 Å². The van der Waals surface area contributed by atoms with E-state index < -0.39 is 0 Å². The zero-order valence-corrected chi connectivity index (χ0v) is 17.2. The Labute approximate surface area is 181 Å². The molecule has 2 aliphatic rings. The summed E-state index contributed by atoms with van der Waals surface area (Å²) in [5.74, 6) is 1.06. The van der Waals surface area contributed by atoms with E-state index in [0.717, 1.165) is 35.5 Å². The van der Waals surface area contributed by atoms with Gasteiger partial charge in [0.15, 0.2) is 5.82 Å². The SMILES string of the molecule is O=C1NC(CC(=O)N2CCC(c3ccnc(-c4ccccc4)n3)CC2)c2ccccc21. The molecule has 3 heterocycles. The maximum absolute atomic E-state index is 12.9. The highest BCUT2D eigenvalue weighted by molar-refractivity contribution is 5.99. The number of nitrogens with one attached hydrogen (secondary N) is 1. The van der Waals surface area contributed by atoms with Gasteiger partial charge in [0.2, 0.25) is 5.91 Å². The number of aromatic nitrogens is 2. The molecule has 1 saturated heterocycles. The summed E-state index contributed by atoms with van der Waals surface area (Å²) in [6.45, 7) is 1.41. The lowest BCUT2D eigenvalue weighted by molar-refractivity contribution is -0.132. The molecule has 1 N–H and O–H groups in total. The fourth-order valence-electron chi connectivity index (χ4n) is 4.54. The third-order valence-corrected chi connectivity index (χ3v) is 6.24. The van der Waals surface area contributed by atoms with Crippen LogP contribution in [0.4, 0.5) is 0 Å². The summed E-state index contributed by atoms with van der Waals surface area (Å²) in [5.41, 5.74) is 3.65. The Morgan fingerprint density at radius 1 is 1.00 bits per heavy atom. The van der Waals surface area contributed by atoms with Gasteiger partial charge in [-0.25, -0.2) is 9.97 Å². The number of hydrogen-bond acceptors (Lipinski definition) is 4.